The van der Waals surface area contributed by atoms with Gasteiger partial charge in [0.15, 0.2) is 0 Å². The summed E-state index contributed by atoms with van der Waals surface area (Å²) in [5.41, 5.74) is 0.531. The maximum atomic E-state index is 11.5. The molecule has 1 aliphatic heterocycles. The van der Waals surface area contributed by atoms with Crippen LogP contribution in [0, 0.1) is 0 Å². The highest BCUT2D eigenvalue weighted by molar-refractivity contribution is 5.90. The maximum Gasteiger partial charge on any atom is 0.338 e. The number of hydrogen-bond donors (Lipinski definition) is 0. The fraction of sp³-hybridized carbons (Fsp3) is 0.538. The van der Waals surface area contributed by atoms with Gasteiger partial charge in [-0.3, -0.25) is 0 Å². The Hall–Kier alpha value is -1.62. The molecule has 1 unspecified atom stereocenters. The van der Waals surface area contributed by atoms with Crippen molar-refractivity contribution < 1.29 is 14.3 Å². The van der Waals surface area contributed by atoms with Gasteiger partial charge in [-0.05, 0) is 18.6 Å². The summed E-state index contributed by atoms with van der Waals surface area (Å²) in [5.74, 6) is 0.480. The van der Waals surface area contributed by atoms with E-state index in [1.54, 1.807) is 18.3 Å². The van der Waals surface area contributed by atoms with E-state index < -0.39 is 0 Å². The number of carbonyl (C=O) groups excluding carboxylic acids is 1. The van der Waals surface area contributed by atoms with Crippen LogP contribution in [-0.2, 0) is 9.47 Å². The van der Waals surface area contributed by atoms with Crippen LogP contribution in [-0.4, -0.2) is 43.9 Å². The predicted molar refractivity (Wildman–Crippen MR) is 67.8 cm³/mol. The summed E-state index contributed by atoms with van der Waals surface area (Å²) < 4.78 is 10.2. The summed E-state index contributed by atoms with van der Waals surface area (Å²) >= 11 is 0. The summed E-state index contributed by atoms with van der Waals surface area (Å²) in [5, 5.41) is 0. The summed E-state index contributed by atoms with van der Waals surface area (Å²) in [4.78, 5) is 18.0. The van der Waals surface area contributed by atoms with Crippen LogP contribution in [0.4, 0.5) is 5.82 Å². The minimum atomic E-state index is -0.333. The van der Waals surface area contributed by atoms with E-state index in [4.69, 9.17) is 9.47 Å². The van der Waals surface area contributed by atoms with Gasteiger partial charge in [0.2, 0.25) is 0 Å². The standard InChI is InChI=1S/C13H18N2O3/c1-3-11-9-18-7-6-15(11)12-8-10(4-5-14-12)13(16)17-2/h4-5,8,11H,3,6-7,9H2,1-2H3. The third-order valence-corrected chi connectivity index (χ3v) is 3.16. The molecule has 1 aliphatic rings. The summed E-state index contributed by atoms with van der Waals surface area (Å²) in [6.07, 6.45) is 2.63. The first-order chi connectivity index (χ1) is 8.76. The Morgan fingerprint density at radius 2 is 2.50 bits per heavy atom. The van der Waals surface area contributed by atoms with Gasteiger partial charge in [0.1, 0.15) is 5.82 Å². The minimum absolute atomic E-state index is 0.319. The molecule has 2 rings (SSSR count). The van der Waals surface area contributed by atoms with Crippen LogP contribution in [0.2, 0.25) is 0 Å². The van der Waals surface area contributed by atoms with Gasteiger partial charge in [0.25, 0.3) is 0 Å². The Labute approximate surface area is 107 Å². The number of methoxy groups -OCH3 is 1. The van der Waals surface area contributed by atoms with Crippen molar-refractivity contribution in [3.63, 3.8) is 0 Å². The number of rotatable bonds is 3. The van der Waals surface area contributed by atoms with Gasteiger partial charge < -0.3 is 14.4 Å². The molecular formula is C13H18N2O3. The van der Waals surface area contributed by atoms with Crippen molar-refractivity contribution in [3.05, 3.63) is 23.9 Å². The number of morpholine rings is 1. The van der Waals surface area contributed by atoms with Crippen molar-refractivity contribution in [1.82, 2.24) is 4.98 Å². The molecule has 1 saturated heterocycles. The van der Waals surface area contributed by atoms with Crippen molar-refractivity contribution in [1.29, 1.82) is 0 Å². The van der Waals surface area contributed by atoms with E-state index in [0.29, 0.717) is 24.8 Å². The van der Waals surface area contributed by atoms with Gasteiger partial charge in [-0.2, -0.15) is 0 Å². The topological polar surface area (TPSA) is 51.7 Å². The second-order valence-electron chi connectivity index (χ2n) is 4.22. The molecule has 1 aromatic rings. The third-order valence-electron chi connectivity index (χ3n) is 3.16. The zero-order valence-electron chi connectivity index (χ0n) is 10.8. The molecule has 0 amide bonds. The van der Waals surface area contributed by atoms with Crippen molar-refractivity contribution in [2.75, 3.05) is 31.8 Å². The van der Waals surface area contributed by atoms with Crippen LogP contribution in [0.1, 0.15) is 23.7 Å². The number of anilines is 1. The van der Waals surface area contributed by atoms with Crippen molar-refractivity contribution in [2.45, 2.75) is 19.4 Å². The Balaban J connectivity index is 2.23. The molecule has 0 N–H and O–H groups in total. The first kappa shape index (κ1) is 12.8. The average molecular weight is 250 g/mol. The van der Waals surface area contributed by atoms with E-state index in [0.717, 1.165) is 18.8 Å². The lowest BCUT2D eigenvalue weighted by atomic mass is 10.1. The molecule has 0 radical (unpaired) electrons. The fourth-order valence-electron chi connectivity index (χ4n) is 2.11. The Kier molecular flexibility index (Phi) is 4.15. The lowest BCUT2D eigenvalue weighted by Crippen LogP contribution is -2.45. The third kappa shape index (κ3) is 2.61. The van der Waals surface area contributed by atoms with Crippen molar-refractivity contribution in [3.8, 4) is 0 Å². The molecule has 1 fully saturated rings. The van der Waals surface area contributed by atoms with Gasteiger partial charge in [-0.25, -0.2) is 9.78 Å². The first-order valence-electron chi connectivity index (χ1n) is 6.15. The van der Waals surface area contributed by atoms with Crippen LogP contribution in [0.15, 0.2) is 18.3 Å². The van der Waals surface area contributed by atoms with E-state index >= 15 is 0 Å². The highest BCUT2D eigenvalue weighted by Crippen LogP contribution is 2.20. The molecule has 0 aromatic carbocycles. The lowest BCUT2D eigenvalue weighted by molar-refractivity contribution is 0.0600. The van der Waals surface area contributed by atoms with E-state index in [-0.39, 0.29) is 5.97 Å². The van der Waals surface area contributed by atoms with E-state index in [1.165, 1.54) is 7.11 Å². The van der Waals surface area contributed by atoms with Gasteiger partial charge in [0.05, 0.1) is 31.9 Å². The number of aromatic nitrogens is 1. The molecule has 18 heavy (non-hydrogen) atoms. The molecule has 2 heterocycles. The molecular weight excluding hydrogens is 232 g/mol. The first-order valence-corrected chi connectivity index (χ1v) is 6.15. The summed E-state index contributed by atoms with van der Waals surface area (Å²) in [7, 11) is 1.38. The molecule has 0 bridgehead atoms. The number of nitrogens with zero attached hydrogens (tertiary/aromatic N) is 2. The average Bonchev–Trinajstić information content (AvgIpc) is 2.46. The number of esters is 1. The Bertz CT molecular complexity index is 422. The quantitative estimate of drug-likeness (QED) is 0.761. The molecule has 0 saturated carbocycles. The number of hydrogen-bond acceptors (Lipinski definition) is 5. The van der Waals surface area contributed by atoms with Crippen molar-refractivity contribution in [2.24, 2.45) is 0 Å². The summed E-state index contributed by atoms with van der Waals surface area (Å²) in [6, 6.07) is 3.76. The fourth-order valence-corrected chi connectivity index (χ4v) is 2.11. The van der Waals surface area contributed by atoms with Gasteiger partial charge >= 0.3 is 5.97 Å². The molecule has 5 heteroatoms. The Morgan fingerprint density at radius 3 is 3.22 bits per heavy atom. The highest BCUT2D eigenvalue weighted by Gasteiger charge is 2.23. The number of pyridine rings is 1. The predicted octanol–water partition coefficient (Wildman–Crippen LogP) is 1.48. The number of ether oxygens (including phenoxy) is 2. The van der Waals surface area contributed by atoms with E-state index in [2.05, 4.69) is 16.8 Å². The zero-order chi connectivity index (χ0) is 13.0. The Morgan fingerprint density at radius 1 is 1.67 bits per heavy atom. The van der Waals surface area contributed by atoms with Crippen molar-refractivity contribution >= 4 is 11.8 Å². The SMILES string of the molecule is CCC1COCCN1c1cc(C(=O)OC)ccn1. The molecule has 0 aliphatic carbocycles. The molecule has 1 aromatic heterocycles. The van der Waals surface area contributed by atoms with Gasteiger partial charge in [-0.1, -0.05) is 6.92 Å². The smallest absolute Gasteiger partial charge is 0.338 e. The van der Waals surface area contributed by atoms with Crippen LogP contribution >= 0.6 is 0 Å². The largest absolute Gasteiger partial charge is 0.465 e. The maximum absolute atomic E-state index is 11.5. The molecule has 98 valence electrons. The minimum Gasteiger partial charge on any atom is -0.465 e. The van der Waals surface area contributed by atoms with Crippen LogP contribution in [0.5, 0.6) is 0 Å². The zero-order valence-corrected chi connectivity index (χ0v) is 10.8. The van der Waals surface area contributed by atoms with E-state index in [1.807, 2.05) is 0 Å². The van der Waals surface area contributed by atoms with Crippen LogP contribution in [0.25, 0.3) is 0 Å². The van der Waals surface area contributed by atoms with Gasteiger partial charge in [-0.15, -0.1) is 0 Å². The molecule has 1 atom stereocenters. The van der Waals surface area contributed by atoms with Crippen LogP contribution < -0.4 is 4.90 Å². The number of carbonyl (C=O) groups is 1. The second-order valence-corrected chi connectivity index (χ2v) is 4.22. The monoisotopic (exact) mass is 250 g/mol. The highest BCUT2D eigenvalue weighted by atomic mass is 16.5. The van der Waals surface area contributed by atoms with Gasteiger partial charge in [0, 0.05) is 12.7 Å². The molecule has 5 nitrogen and oxygen atoms in total. The van der Waals surface area contributed by atoms with Crippen LogP contribution in [0.3, 0.4) is 0 Å². The summed E-state index contributed by atoms with van der Waals surface area (Å²) in [6.45, 7) is 4.33. The lowest BCUT2D eigenvalue weighted by Gasteiger charge is -2.36. The van der Waals surface area contributed by atoms with E-state index in [9.17, 15) is 4.79 Å². The molecule has 0 spiro atoms. The second kappa shape index (κ2) is 5.82. The normalized spacial score (nSPS) is 19.7.